The number of ketones is 1. The van der Waals surface area contributed by atoms with Crippen molar-refractivity contribution < 1.29 is 18.7 Å². The fourth-order valence-electron chi connectivity index (χ4n) is 3.34. The van der Waals surface area contributed by atoms with Crippen molar-refractivity contribution in [2.24, 2.45) is 0 Å². The van der Waals surface area contributed by atoms with Gasteiger partial charge in [-0.15, -0.1) is 0 Å². The molecule has 1 N–H and O–H groups in total. The van der Waals surface area contributed by atoms with Crippen molar-refractivity contribution in [2.45, 2.75) is 31.8 Å². The minimum atomic E-state index is -0.490. The average Bonchev–Trinajstić information content (AvgIpc) is 2.72. The predicted octanol–water partition coefficient (Wildman–Crippen LogP) is 5.07. The van der Waals surface area contributed by atoms with E-state index in [2.05, 4.69) is 15.3 Å². The van der Waals surface area contributed by atoms with E-state index in [0.29, 0.717) is 54.2 Å². The fourth-order valence-corrected chi connectivity index (χ4v) is 3.52. The summed E-state index contributed by atoms with van der Waals surface area (Å²) < 4.78 is 25.1. The Kier molecular flexibility index (Phi) is 5.49. The number of nitrogens with zero attached hydrogens (tertiary/aromatic N) is 2. The lowest BCUT2D eigenvalue weighted by Gasteiger charge is -2.23. The number of halogens is 2. The molecule has 6 nitrogen and oxygen atoms in total. The lowest BCUT2D eigenvalue weighted by Crippen LogP contribution is -2.24. The molecule has 8 heteroatoms. The van der Waals surface area contributed by atoms with Crippen LogP contribution in [-0.4, -0.2) is 29.0 Å². The van der Waals surface area contributed by atoms with Crippen molar-refractivity contribution in [2.75, 3.05) is 12.4 Å². The van der Waals surface area contributed by atoms with Crippen LogP contribution in [0.25, 0.3) is 10.9 Å². The van der Waals surface area contributed by atoms with Crippen molar-refractivity contribution in [3.05, 3.63) is 47.5 Å². The molecule has 0 atom stereocenters. The van der Waals surface area contributed by atoms with E-state index in [4.69, 9.17) is 21.1 Å². The molecular weight excluding hydrogens is 397 g/mol. The second kappa shape index (κ2) is 8.21. The predicted molar refractivity (Wildman–Crippen MR) is 109 cm³/mol. The number of ether oxygens (including phenoxy) is 2. The lowest BCUT2D eigenvalue weighted by atomic mass is 9.96. The number of hydrogen-bond acceptors (Lipinski definition) is 6. The molecular formula is C21H19ClFN3O3. The zero-order chi connectivity index (χ0) is 20.4. The number of methoxy groups -OCH3 is 1. The van der Waals surface area contributed by atoms with Gasteiger partial charge < -0.3 is 14.8 Å². The number of anilines is 2. The Hall–Kier alpha value is -2.93. The van der Waals surface area contributed by atoms with Crippen LogP contribution in [0.3, 0.4) is 0 Å². The topological polar surface area (TPSA) is 73.3 Å². The van der Waals surface area contributed by atoms with Crippen LogP contribution in [0.2, 0.25) is 5.02 Å². The second-order valence-corrected chi connectivity index (χ2v) is 7.26. The smallest absolute Gasteiger partial charge is 0.162 e. The Morgan fingerprint density at radius 1 is 1.14 bits per heavy atom. The van der Waals surface area contributed by atoms with Crippen LogP contribution in [-0.2, 0) is 4.79 Å². The van der Waals surface area contributed by atoms with Crippen LogP contribution < -0.4 is 14.8 Å². The van der Waals surface area contributed by atoms with Crippen molar-refractivity contribution >= 4 is 39.8 Å². The molecule has 1 saturated carbocycles. The molecule has 0 bridgehead atoms. The van der Waals surface area contributed by atoms with Crippen LogP contribution in [0.15, 0.2) is 36.7 Å². The van der Waals surface area contributed by atoms with Gasteiger partial charge in [0.05, 0.1) is 23.8 Å². The summed E-state index contributed by atoms with van der Waals surface area (Å²) in [6, 6.07) is 7.96. The fraction of sp³-hybridized carbons (Fsp3) is 0.286. The largest absolute Gasteiger partial charge is 0.493 e. The van der Waals surface area contributed by atoms with E-state index in [1.165, 1.54) is 18.5 Å². The summed E-state index contributed by atoms with van der Waals surface area (Å²) in [6.07, 6.45) is 3.82. The van der Waals surface area contributed by atoms with E-state index in [9.17, 15) is 9.18 Å². The maximum absolute atomic E-state index is 13.4. The molecule has 1 heterocycles. The number of fused-ring (bicyclic) bond motifs is 1. The first kappa shape index (κ1) is 19.4. The summed E-state index contributed by atoms with van der Waals surface area (Å²) in [5.74, 6) is 1.44. The first-order valence-electron chi connectivity index (χ1n) is 9.26. The first-order valence-corrected chi connectivity index (χ1v) is 9.64. The highest BCUT2D eigenvalue weighted by Gasteiger charge is 2.22. The van der Waals surface area contributed by atoms with Gasteiger partial charge in [-0.3, -0.25) is 4.79 Å². The van der Waals surface area contributed by atoms with E-state index < -0.39 is 5.82 Å². The maximum Gasteiger partial charge on any atom is 0.162 e. The molecule has 0 saturated heterocycles. The molecule has 2 aromatic carbocycles. The Morgan fingerprint density at radius 3 is 2.66 bits per heavy atom. The maximum atomic E-state index is 13.4. The Bertz CT molecular complexity index is 1070. The average molecular weight is 416 g/mol. The third-order valence-corrected chi connectivity index (χ3v) is 5.18. The van der Waals surface area contributed by atoms with E-state index in [0.717, 1.165) is 5.39 Å². The highest BCUT2D eigenvalue weighted by molar-refractivity contribution is 6.31. The third kappa shape index (κ3) is 4.24. The molecule has 0 spiro atoms. The molecule has 0 amide bonds. The van der Waals surface area contributed by atoms with Crippen LogP contribution in [0.5, 0.6) is 11.5 Å². The van der Waals surface area contributed by atoms with Gasteiger partial charge in [0.2, 0.25) is 0 Å². The van der Waals surface area contributed by atoms with E-state index in [1.54, 1.807) is 19.2 Å². The number of carbonyl (C=O) groups is 1. The number of carbonyl (C=O) groups excluding carboxylic acids is 1. The van der Waals surface area contributed by atoms with E-state index in [1.807, 2.05) is 6.07 Å². The molecule has 3 aromatic rings. The molecule has 150 valence electrons. The molecule has 0 unspecified atom stereocenters. The highest BCUT2D eigenvalue weighted by atomic mass is 35.5. The summed E-state index contributed by atoms with van der Waals surface area (Å²) in [6.45, 7) is 0. The number of nitrogens with one attached hydrogen (secondary N) is 1. The minimum Gasteiger partial charge on any atom is -0.493 e. The number of rotatable bonds is 5. The lowest BCUT2D eigenvalue weighted by molar-refractivity contribution is -0.121. The highest BCUT2D eigenvalue weighted by Crippen LogP contribution is 2.36. The van der Waals surface area contributed by atoms with E-state index >= 15 is 0 Å². The summed E-state index contributed by atoms with van der Waals surface area (Å²) in [7, 11) is 1.57. The summed E-state index contributed by atoms with van der Waals surface area (Å²) in [5, 5.41) is 3.88. The minimum absolute atomic E-state index is 0.0194. The van der Waals surface area contributed by atoms with Crippen LogP contribution in [0, 0.1) is 5.82 Å². The molecule has 1 aromatic heterocycles. The number of hydrogen-bond donors (Lipinski definition) is 1. The van der Waals surface area contributed by atoms with Crippen molar-refractivity contribution in [3.8, 4) is 11.5 Å². The van der Waals surface area contributed by atoms with Gasteiger partial charge in [0, 0.05) is 30.0 Å². The molecule has 1 aliphatic rings. The zero-order valence-corrected chi connectivity index (χ0v) is 16.5. The Labute approximate surface area is 172 Å². The normalized spacial score (nSPS) is 14.8. The molecule has 29 heavy (non-hydrogen) atoms. The number of benzene rings is 2. The van der Waals surface area contributed by atoms with Crippen LogP contribution in [0.4, 0.5) is 15.9 Å². The summed E-state index contributed by atoms with van der Waals surface area (Å²) in [4.78, 5) is 20.1. The SMILES string of the molecule is COc1cc2ncnc(Nc3ccc(F)c(Cl)c3)c2cc1OC1CCC(=O)CC1. The molecule has 0 aliphatic heterocycles. The second-order valence-electron chi connectivity index (χ2n) is 6.85. The van der Waals surface area contributed by atoms with Gasteiger partial charge in [-0.05, 0) is 37.1 Å². The Balaban J connectivity index is 1.68. The number of Topliss-reactive ketones (excluding diaryl/α,β-unsaturated/α-hetero) is 1. The van der Waals surface area contributed by atoms with Crippen LogP contribution in [0.1, 0.15) is 25.7 Å². The van der Waals surface area contributed by atoms with E-state index in [-0.39, 0.29) is 16.9 Å². The van der Waals surface area contributed by atoms with Crippen molar-refractivity contribution in [1.29, 1.82) is 0 Å². The molecule has 0 radical (unpaired) electrons. The van der Waals surface area contributed by atoms with Crippen LogP contribution >= 0.6 is 11.6 Å². The summed E-state index contributed by atoms with van der Waals surface area (Å²) in [5.41, 5.74) is 1.26. The molecule has 1 fully saturated rings. The van der Waals surface area contributed by atoms with Gasteiger partial charge in [0.1, 0.15) is 23.7 Å². The number of aromatic nitrogens is 2. The van der Waals surface area contributed by atoms with Gasteiger partial charge >= 0.3 is 0 Å². The van der Waals surface area contributed by atoms with Crippen molar-refractivity contribution in [1.82, 2.24) is 9.97 Å². The molecule has 4 rings (SSSR count). The Morgan fingerprint density at radius 2 is 1.93 bits per heavy atom. The van der Waals surface area contributed by atoms with Gasteiger partial charge in [-0.2, -0.15) is 0 Å². The molecule has 1 aliphatic carbocycles. The van der Waals surface area contributed by atoms with Gasteiger partial charge in [0.15, 0.2) is 11.5 Å². The van der Waals surface area contributed by atoms with Gasteiger partial charge in [-0.25, -0.2) is 14.4 Å². The third-order valence-electron chi connectivity index (χ3n) is 4.89. The zero-order valence-electron chi connectivity index (χ0n) is 15.7. The monoisotopic (exact) mass is 415 g/mol. The quantitative estimate of drug-likeness (QED) is 0.627. The standard InChI is InChI=1S/C21H19ClFN3O3/c1-28-19-10-18-15(9-20(19)29-14-5-3-13(27)4-6-14)21(25-11-24-18)26-12-2-7-17(23)16(22)8-12/h2,7-11,14H,3-6H2,1H3,(H,24,25,26). The van der Waals surface area contributed by atoms with Crippen molar-refractivity contribution in [3.63, 3.8) is 0 Å². The first-order chi connectivity index (χ1) is 14.0. The van der Waals surface area contributed by atoms with Gasteiger partial charge in [-0.1, -0.05) is 11.6 Å². The summed E-state index contributed by atoms with van der Waals surface area (Å²) >= 11 is 5.87. The van der Waals surface area contributed by atoms with Gasteiger partial charge in [0.25, 0.3) is 0 Å².